The number of aryl methyl sites for hydroxylation is 2. The Morgan fingerprint density at radius 3 is 2.86 bits per heavy atom. The summed E-state index contributed by atoms with van der Waals surface area (Å²) < 4.78 is 0. The Kier molecular flexibility index (Phi) is 3.84. The van der Waals surface area contributed by atoms with Crippen LogP contribution in [0.25, 0.3) is 0 Å². The molecule has 3 nitrogen and oxygen atoms in total. The number of carbonyl (C=O) groups excluding carboxylic acids is 1. The van der Waals surface area contributed by atoms with Crippen LogP contribution >= 0.6 is 11.6 Å². The van der Waals surface area contributed by atoms with Crippen molar-refractivity contribution in [3.63, 3.8) is 0 Å². The van der Waals surface area contributed by atoms with Gasteiger partial charge in [0.05, 0.1) is 10.7 Å². The molecule has 1 aliphatic heterocycles. The molecule has 2 aromatic rings. The number of para-hydroxylation sites is 1. The highest BCUT2D eigenvalue weighted by Crippen LogP contribution is 2.27. The van der Waals surface area contributed by atoms with Crippen molar-refractivity contribution in [3.8, 4) is 0 Å². The van der Waals surface area contributed by atoms with Crippen LogP contribution in [0.5, 0.6) is 0 Å². The largest absolute Gasteiger partial charge is 0.372 e. The molecule has 1 amide bonds. The van der Waals surface area contributed by atoms with Crippen molar-refractivity contribution in [1.29, 1.82) is 0 Å². The van der Waals surface area contributed by atoms with Gasteiger partial charge in [0.15, 0.2) is 0 Å². The highest BCUT2D eigenvalue weighted by Gasteiger charge is 2.23. The fraction of sp³-hybridized carbons (Fsp3) is 0.235. The number of hydrogen-bond donors (Lipinski definition) is 2. The maximum absolute atomic E-state index is 12.3. The molecule has 1 unspecified atom stereocenters. The number of amides is 1. The normalized spacial score (nSPS) is 17.6. The maximum Gasteiger partial charge on any atom is 0.246 e. The second kappa shape index (κ2) is 5.78. The summed E-state index contributed by atoms with van der Waals surface area (Å²) >= 11 is 6.23. The number of anilines is 2. The van der Waals surface area contributed by atoms with Gasteiger partial charge in [0.2, 0.25) is 5.91 Å². The quantitative estimate of drug-likeness (QED) is 0.879. The molecule has 3 rings (SSSR count). The summed E-state index contributed by atoms with van der Waals surface area (Å²) in [5.41, 5.74) is 3.98. The van der Waals surface area contributed by atoms with Gasteiger partial charge < -0.3 is 10.6 Å². The number of hydrogen-bond acceptors (Lipinski definition) is 2. The topological polar surface area (TPSA) is 41.1 Å². The third-order valence-corrected chi connectivity index (χ3v) is 4.06. The molecule has 2 N–H and O–H groups in total. The van der Waals surface area contributed by atoms with Crippen LogP contribution < -0.4 is 10.6 Å². The monoisotopic (exact) mass is 300 g/mol. The number of rotatable bonds is 2. The molecule has 0 aromatic heterocycles. The minimum Gasteiger partial charge on any atom is -0.372 e. The van der Waals surface area contributed by atoms with Crippen LogP contribution in [-0.4, -0.2) is 11.9 Å². The Bertz CT molecular complexity index is 684. The SMILES string of the molecule is Cc1ccc(NC2CCc3ccccc3NC2=O)c(Cl)c1. The first-order valence-corrected chi connectivity index (χ1v) is 7.43. The van der Waals surface area contributed by atoms with Crippen molar-refractivity contribution >= 4 is 28.9 Å². The zero-order chi connectivity index (χ0) is 14.8. The number of fused-ring (bicyclic) bond motifs is 1. The van der Waals surface area contributed by atoms with E-state index in [0.29, 0.717) is 5.02 Å². The highest BCUT2D eigenvalue weighted by atomic mass is 35.5. The first-order chi connectivity index (χ1) is 10.1. The number of nitrogens with one attached hydrogen (secondary N) is 2. The first-order valence-electron chi connectivity index (χ1n) is 7.05. The van der Waals surface area contributed by atoms with Gasteiger partial charge in [-0.05, 0) is 49.1 Å². The van der Waals surface area contributed by atoms with Gasteiger partial charge in [0, 0.05) is 5.69 Å². The van der Waals surface area contributed by atoms with Crippen LogP contribution in [0.4, 0.5) is 11.4 Å². The molecule has 1 heterocycles. The van der Waals surface area contributed by atoms with E-state index >= 15 is 0 Å². The van der Waals surface area contributed by atoms with Gasteiger partial charge in [0.1, 0.15) is 6.04 Å². The lowest BCUT2D eigenvalue weighted by Gasteiger charge is -2.17. The van der Waals surface area contributed by atoms with Crippen LogP contribution in [0.15, 0.2) is 42.5 Å². The van der Waals surface area contributed by atoms with Crippen LogP contribution in [0.1, 0.15) is 17.5 Å². The molecule has 4 heteroatoms. The molecule has 0 radical (unpaired) electrons. The summed E-state index contributed by atoms with van der Waals surface area (Å²) in [7, 11) is 0. The van der Waals surface area contributed by atoms with Gasteiger partial charge in [-0.15, -0.1) is 0 Å². The average molecular weight is 301 g/mol. The first kappa shape index (κ1) is 14.0. The fourth-order valence-electron chi connectivity index (χ4n) is 2.57. The van der Waals surface area contributed by atoms with E-state index in [2.05, 4.69) is 16.7 Å². The predicted molar refractivity (Wildman–Crippen MR) is 87.0 cm³/mol. The summed E-state index contributed by atoms with van der Waals surface area (Å²) in [6.07, 6.45) is 1.60. The summed E-state index contributed by atoms with van der Waals surface area (Å²) in [6.45, 7) is 1.99. The molecule has 0 saturated carbocycles. The summed E-state index contributed by atoms with van der Waals surface area (Å²) in [5, 5.41) is 6.88. The number of benzene rings is 2. The van der Waals surface area contributed by atoms with E-state index in [0.717, 1.165) is 29.8 Å². The van der Waals surface area contributed by atoms with Crippen LogP contribution in [0.3, 0.4) is 0 Å². The highest BCUT2D eigenvalue weighted by molar-refractivity contribution is 6.33. The zero-order valence-corrected chi connectivity index (χ0v) is 12.6. The van der Waals surface area contributed by atoms with Gasteiger partial charge >= 0.3 is 0 Å². The molecule has 0 spiro atoms. The van der Waals surface area contributed by atoms with E-state index < -0.39 is 0 Å². The summed E-state index contributed by atoms with van der Waals surface area (Å²) in [6, 6.07) is 13.4. The van der Waals surface area contributed by atoms with Crippen LogP contribution in [0.2, 0.25) is 5.02 Å². The van der Waals surface area contributed by atoms with Gasteiger partial charge in [-0.2, -0.15) is 0 Å². The third-order valence-electron chi connectivity index (χ3n) is 3.75. The zero-order valence-electron chi connectivity index (χ0n) is 11.8. The Hall–Kier alpha value is -2.00. The molecule has 108 valence electrons. The lowest BCUT2D eigenvalue weighted by atomic mass is 10.1. The van der Waals surface area contributed by atoms with E-state index in [9.17, 15) is 4.79 Å². The van der Waals surface area contributed by atoms with Crippen LogP contribution in [0, 0.1) is 6.92 Å². The molecule has 1 aliphatic rings. The van der Waals surface area contributed by atoms with Gasteiger partial charge in [0.25, 0.3) is 0 Å². The minimum atomic E-state index is -0.280. The molecule has 0 saturated heterocycles. The second-order valence-electron chi connectivity index (χ2n) is 5.37. The van der Waals surface area contributed by atoms with E-state index in [4.69, 9.17) is 11.6 Å². The molecule has 2 aromatic carbocycles. The van der Waals surface area contributed by atoms with Gasteiger partial charge in [-0.3, -0.25) is 4.79 Å². The van der Waals surface area contributed by atoms with Crippen molar-refractivity contribution in [2.24, 2.45) is 0 Å². The molecular weight excluding hydrogens is 284 g/mol. The average Bonchev–Trinajstić information content (AvgIpc) is 2.61. The van der Waals surface area contributed by atoms with Gasteiger partial charge in [-0.25, -0.2) is 0 Å². The van der Waals surface area contributed by atoms with Crippen molar-refractivity contribution < 1.29 is 4.79 Å². The van der Waals surface area contributed by atoms with Crippen molar-refractivity contribution in [2.45, 2.75) is 25.8 Å². The van der Waals surface area contributed by atoms with E-state index in [-0.39, 0.29) is 11.9 Å². The molecule has 0 fully saturated rings. The molecular formula is C17H17ClN2O. The minimum absolute atomic E-state index is 0.0170. The van der Waals surface area contributed by atoms with E-state index in [1.165, 1.54) is 5.56 Å². The molecule has 0 bridgehead atoms. The molecule has 0 aliphatic carbocycles. The Labute approximate surface area is 129 Å². The predicted octanol–water partition coefficient (Wildman–Crippen LogP) is 4.01. The smallest absolute Gasteiger partial charge is 0.246 e. The third kappa shape index (κ3) is 3.03. The number of halogens is 1. The maximum atomic E-state index is 12.3. The summed E-state index contributed by atoms with van der Waals surface area (Å²) in [4.78, 5) is 12.3. The molecule has 1 atom stereocenters. The van der Waals surface area contributed by atoms with E-state index in [1.54, 1.807) is 0 Å². The standard InChI is InChI=1S/C17H17ClN2O/c1-11-6-8-15(13(18)10-11)19-16-9-7-12-4-2-3-5-14(12)20-17(16)21/h2-6,8,10,16,19H,7,9H2,1H3,(H,20,21). The lowest BCUT2D eigenvalue weighted by molar-refractivity contribution is -0.116. The van der Waals surface area contributed by atoms with E-state index in [1.807, 2.05) is 43.3 Å². The van der Waals surface area contributed by atoms with Crippen molar-refractivity contribution in [3.05, 3.63) is 58.6 Å². The molecule has 21 heavy (non-hydrogen) atoms. The van der Waals surface area contributed by atoms with Crippen LogP contribution in [-0.2, 0) is 11.2 Å². The lowest BCUT2D eigenvalue weighted by Crippen LogP contribution is -2.33. The van der Waals surface area contributed by atoms with Gasteiger partial charge in [-0.1, -0.05) is 35.9 Å². The van der Waals surface area contributed by atoms with Crippen molar-refractivity contribution in [1.82, 2.24) is 0 Å². The van der Waals surface area contributed by atoms with Crippen molar-refractivity contribution in [2.75, 3.05) is 10.6 Å². The Balaban J connectivity index is 1.80. The Morgan fingerprint density at radius 1 is 1.24 bits per heavy atom. The fourth-order valence-corrected chi connectivity index (χ4v) is 2.86. The summed E-state index contributed by atoms with van der Waals surface area (Å²) in [5.74, 6) is -0.0170. The second-order valence-corrected chi connectivity index (χ2v) is 5.77. The number of carbonyl (C=O) groups is 1. The Morgan fingerprint density at radius 2 is 2.05 bits per heavy atom.